The van der Waals surface area contributed by atoms with Crippen LogP contribution in [0.1, 0.15) is 12.8 Å². The maximum atomic E-state index is 13.3. The molecule has 0 saturated heterocycles. The van der Waals surface area contributed by atoms with Gasteiger partial charge in [0.15, 0.2) is 11.6 Å². The minimum Gasteiger partial charge on any atom is -0.490 e. The first kappa shape index (κ1) is 16.3. The van der Waals surface area contributed by atoms with Crippen LogP contribution in [0.3, 0.4) is 0 Å². The van der Waals surface area contributed by atoms with Gasteiger partial charge in [0.05, 0.1) is 18.0 Å². The molecule has 0 aliphatic rings. The van der Waals surface area contributed by atoms with Crippen molar-refractivity contribution in [3.8, 4) is 5.75 Å². The first-order valence-corrected chi connectivity index (χ1v) is 6.41. The summed E-state index contributed by atoms with van der Waals surface area (Å²) in [5.41, 5.74) is 5.34. The summed E-state index contributed by atoms with van der Waals surface area (Å²) in [6.07, 6.45) is 0.501. The van der Waals surface area contributed by atoms with Crippen molar-refractivity contribution in [2.24, 2.45) is 5.73 Å². The number of benzene rings is 1. The summed E-state index contributed by atoms with van der Waals surface area (Å²) in [4.78, 5) is 13.5. The molecule has 1 aromatic rings. The van der Waals surface area contributed by atoms with Crippen LogP contribution in [-0.4, -0.2) is 36.0 Å². The molecule has 0 heterocycles. The second kappa shape index (κ2) is 7.74. The summed E-state index contributed by atoms with van der Waals surface area (Å²) < 4.78 is 31.2. The van der Waals surface area contributed by atoms with E-state index in [1.807, 2.05) is 0 Å². The maximum Gasteiger partial charge on any atom is 0.225 e. The molecule has 0 unspecified atom stereocenters. The summed E-state index contributed by atoms with van der Waals surface area (Å²) in [6.45, 7) is 0.388. The number of hydrogen-bond donors (Lipinski definition) is 1. The van der Waals surface area contributed by atoms with Gasteiger partial charge in [0, 0.05) is 20.0 Å². The molecular weight excluding hydrogens is 286 g/mol. The molecule has 1 rings (SSSR count). The third-order valence-corrected chi connectivity index (χ3v) is 2.81. The molecule has 4 nitrogen and oxygen atoms in total. The van der Waals surface area contributed by atoms with Crippen LogP contribution in [-0.2, 0) is 4.79 Å². The van der Waals surface area contributed by atoms with Gasteiger partial charge in [0.25, 0.3) is 0 Å². The lowest BCUT2D eigenvalue weighted by atomic mass is 10.3. The summed E-state index contributed by atoms with van der Waals surface area (Å²) >= 11 is 4.72. The van der Waals surface area contributed by atoms with Crippen molar-refractivity contribution in [1.29, 1.82) is 0 Å². The van der Waals surface area contributed by atoms with Crippen LogP contribution in [0.2, 0.25) is 0 Å². The number of carbonyl (C=O) groups is 1. The van der Waals surface area contributed by atoms with Gasteiger partial charge in [-0.05, 0) is 12.1 Å². The number of nitrogens with two attached hydrogens (primary N) is 1. The minimum absolute atomic E-state index is 0.0311. The molecule has 1 amide bonds. The molecule has 0 fully saturated rings. The molecule has 20 heavy (non-hydrogen) atoms. The van der Waals surface area contributed by atoms with Crippen molar-refractivity contribution in [1.82, 2.24) is 4.90 Å². The average Bonchev–Trinajstić information content (AvgIpc) is 2.40. The van der Waals surface area contributed by atoms with E-state index in [0.717, 1.165) is 6.07 Å². The normalized spacial score (nSPS) is 10.2. The molecule has 0 aliphatic heterocycles. The van der Waals surface area contributed by atoms with Crippen LogP contribution in [0.25, 0.3) is 0 Å². The molecule has 0 spiro atoms. The summed E-state index contributed by atoms with van der Waals surface area (Å²) in [7, 11) is 1.61. The van der Waals surface area contributed by atoms with E-state index in [-0.39, 0.29) is 24.7 Å². The van der Waals surface area contributed by atoms with Crippen molar-refractivity contribution in [2.45, 2.75) is 12.8 Å². The highest BCUT2D eigenvalue weighted by Gasteiger charge is 2.11. The molecule has 110 valence electrons. The number of amides is 1. The minimum atomic E-state index is -1.05. The van der Waals surface area contributed by atoms with Gasteiger partial charge in [0.1, 0.15) is 0 Å². The molecule has 7 heteroatoms. The van der Waals surface area contributed by atoms with E-state index >= 15 is 0 Å². The lowest BCUT2D eigenvalue weighted by molar-refractivity contribution is -0.130. The number of halogens is 2. The lowest BCUT2D eigenvalue weighted by Crippen LogP contribution is -2.31. The Morgan fingerprint density at radius 2 is 2.10 bits per heavy atom. The second-order valence-electron chi connectivity index (χ2n) is 4.18. The van der Waals surface area contributed by atoms with Crippen LogP contribution >= 0.6 is 12.2 Å². The molecule has 2 N–H and O–H groups in total. The van der Waals surface area contributed by atoms with Gasteiger partial charge in [-0.3, -0.25) is 4.79 Å². The van der Waals surface area contributed by atoms with Gasteiger partial charge in [-0.25, -0.2) is 4.39 Å². The average molecular weight is 302 g/mol. The van der Waals surface area contributed by atoms with Crippen LogP contribution in [0, 0.1) is 11.6 Å². The van der Waals surface area contributed by atoms with Crippen LogP contribution in [0.4, 0.5) is 8.78 Å². The van der Waals surface area contributed by atoms with E-state index in [2.05, 4.69) is 0 Å². The monoisotopic (exact) mass is 302 g/mol. The fraction of sp³-hybridized carbons (Fsp3) is 0.385. The van der Waals surface area contributed by atoms with Gasteiger partial charge >= 0.3 is 0 Å². The smallest absolute Gasteiger partial charge is 0.225 e. The summed E-state index contributed by atoms with van der Waals surface area (Å²) in [5.74, 6) is -2.43. The van der Waals surface area contributed by atoms with Crippen LogP contribution in [0.15, 0.2) is 18.2 Å². The maximum absolute atomic E-state index is 13.3. The molecule has 0 radical (unpaired) electrons. The van der Waals surface area contributed by atoms with Gasteiger partial charge < -0.3 is 15.4 Å². The fourth-order valence-corrected chi connectivity index (χ4v) is 1.53. The van der Waals surface area contributed by atoms with Crippen molar-refractivity contribution >= 4 is 23.1 Å². The molecule has 1 aromatic carbocycles. The summed E-state index contributed by atoms with van der Waals surface area (Å²) in [6, 6.07) is 3.64. The Kier molecular flexibility index (Phi) is 6.30. The molecule has 0 saturated carbocycles. The Bertz CT molecular complexity index is 497. The number of carbonyl (C=O) groups excluding carboxylic acids is 1. The SMILES string of the molecule is CN(CCC(N)=S)C(=O)CCOc1cccc(F)c1F. The Morgan fingerprint density at radius 1 is 1.40 bits per heavy atom. The van der Waals surface area contributed by atoms with E-state index in [1.54, 1.807) is 7.05 Å². The predicted molar refractivity (Wildman–Crippen MR) is 75.5 cm³/mol. The lowest BCUT2D eigenvalue weighted by Gasteiger charge is -2.16. The topological polar surface area (TPSA) is 55.6 Å². The van der Waals surface area contributed by atoms with E-state index in [0.29, 0.717) is 18.0 Å². The van der Waals surface area contributed by atoms with Gasteiger partial charge in [-0.15, -0.1) is 0 Å². The zero-order valence-electron chi connectivity index (χ0n) is 11.1. The van der Waals surface area contributed by atoms with Crippen molar-refractivity contribution in [2.75, 3.05) is 20.2 Å². The van der Waals surface area contributed by atoms with Crippen molar-refractivity contribution in [3.05, 3.63) is 29.8 Å². The highest BCUT2D eigenvalue weighted by atomic mass is 32.1. The zero-order valence-corrected chi connectivity index (χ0v) is 11.9. The van der Waals surface area contributed by atoms with Crippen molar-refractivity contribution in [3.63, 3.8) is 0 Å². The molecule has 0 bridgehead atoms. The Balaban J connectivity index is 2.38. The second-order valence-corrected chi connectivity index (χ2v) is 4.71. The number of thiocarbonyl (C=S) groups is 1. The first-order valence-electron chi connectivity index (χ1n) is 6.01. The van der Waals surface area contributed by atoms with E-state index < -0.39 is 11.6 Å². The van der Waals surface area contributed by atoms with E-state index in [4.69, 9.17) is 22.7 Å². The molecule has 0 atom stereocenters. The van der Waals surface area contributed by atoms with Crippen molar-refractivity contribution < 1.29 is 18.3 Å². The summed E-state index contributed by atoms with van der Waals surface area (Å²) in [5, 5.41) is 0. The van der Waals surface area contributed by atoms with Gasteiger partial charge in [0.2, 0.25) is 11.7 Å². The molecule has 0 aromatic heterocycles. The number of hydrogen-bond acceptors (Lipinski definition) is 3. The third kappa shape index (κ3) is 5.08. The standard InChI is InChI=1S/C13H16F2N2O2S/c1-17(7-5-11(16)20)12(18)6-8-19-10-4-2-3-9(14)13(10)15/h2-4H,5-8H2,1H3,(H2,16,20). The predicted octanol–water partition coefficient (Wildman–Crippen LogP) is 1.87. The third-order valence-electron chi connectivity index (χ3n) is 2.61. The quantitative estimate of drug-likeness (QED) is 0.781. The Labute approximate surface area is 121 Å². The van der Waals surface area contributed by atoms with Gasteiger partial charge in [-0.2, -0.15) is 4.39 Å². The largest absolute Gasteiger partial charge is 0.490 e. The number of rotatable bonds is 7. The number of nitrogens with zero attached hydrogens (tertiary/aromatic N) is 1. The van der Waals surface area contributed by atoms with E-state index in [1.165, 1.54) is 17.0 Å². The van der Waals surface area contributed by atoms with Crippen LogP contribution < -0.4 is 10.5 Å². The Hall–Kier alpha value is -1.76. The van der Waals surface area contributed by atoms with Crippen LogP contribution in [0.5, 0.6) is 5.75 Å². The highest BCUT2D eigenvalue weighted by molar-refractivity contribution is 7.80. The Morgan fingerprint density at radius 3 is 2.75 bits per heavy atom. The van der Waals surface area contributed by atoms with E-state index in [9.17, 15) is 13.6 Å². The zero-order chi connectivity index (χ0) is 15.1. The van der Waals surface area contributed by atoms with Gasteiger partial charge in [-0.1, -0.05) is 18.3 Å². The first-order chi connectivity index (χ1) is 9.41. The molecule has 0 aliphatic carbocycles. The molecular formula is C13H16F2N2O2S. The highest BCUT2D eigenvalue weighted by Crippen LogP contribution is 2.19. The number of ether oxygens (including phenoxy) is 1. The fourth-order valence-electron chi connectivity index (χ4n) is 1.44.